The molecule has 5 heteroatoms. The fraction of sp³-hybridized carbons (Fsp3) is 0.400. The number of nitrogens with one attached hydrogen (secondary N) is 1. The van der Waals surface area contributed by atoms with Gasteiger partial charge in [-0.05, 0) is 56.2 Å². The van der Waals surface area contributed by atoms with E-state index >= 15 is 0 Å². The summed E-state index contributed by atoms with van der Waals surface area (Å²) in [6, 6.07) is 3.88. The first kappa shape index (κ1) is 16.6. The van der Waals surface area contributed by atoms with E-state index < -0.39 is 0 Å². The van der Waals surface area contributed by atoms with Crippen LogP contribution < -0.4 is 10.7 Å². The fourth-order valence-corrected chi connectivity index (χ4v) is 4.43. The van der Waals surface area contributed by atoms with E-state index in [2.05, 4.69) is 33.4 Å². The third kappa shape index (κ3) is 3.17. The number of carbonyl (C=O) groups excluding carboxylic acids is 1. The summed E-state index contributed by atoms with van der Waals surface area (Å²) in [5.41, 5.74) is 3.63. The molecule has 0 spiro atoms. The highest BCUT2D eigenvalue weighted by molar-refractivity contribution is 9.10. The van der Waals surface area contributed by atoms with Gasteiger partial charge in [-0.15, -0.1) is 0 Å². The van der Waals surface area contributed by atoms with Crippen LogP contribution in [0.15, 0.2) is 39.2 Å². The molecular formula is C20H21BrN2O2. The Kier molecular flexibility index (Phi) is 4.50. The number of aromatic nitrogens is 1. The van der Waals surface area contributed by atoms with Gasteiger partial charge >= 0.3 is 0 Å². The van der Waals surface area contributed by atoms with Gasteiger partial charge in [0.1, 0.15) is 5.56 Å². The molecule has 0 fully saturated rings. The van der Waals surface area contributed by atoms with Crippen LogP contribution in [0.1, 0.15) is 48.0 Å². The number of nitrogens with zero attached hydrogens (tertiary/aromatic N) is 1. The van der Waals surface area contributed by atoms with Gasteiger partial charge in [0.05, 0.1) is 5.52 Å². The molecule has 25 heavy (non-hydrogen) atoms. The van der Waals surface area contributed by atoms with Crippen LogP contribution in [-0.4, -0.2) is 17.0 Å². The topological polar surface area (TPSA) is 51.1 Å². The molecule has 4 nitrogen and oxygen atoms in total. The van der Waals surface area contributed by atoms with Crippen LogP contribution in [0, 0.1) is 0 Å². The van der Waals surface area contributed by atoms with Crippen molar-refractivity contribution in [1.29, 1.82) is 0 Å². The molecular weight excluding hydrogens is 380 g/mol. The minimum Gasteiger partial charge on any atom is -0.352 e. The van der Waals surface area contributed by atoms with Crippen molar-refractivity contribution in [2.75, 3.05) is 6.54 Å². The van der Waals surface area contributed by atoms with Crippen molar-refractivity contribution < 1.29 is 4.79 Å². The zero-order valence-corrected chi connectivity index (χ0v) is 15.7. The zero-order valence-electron chi connectivity index (χ0n) is 14.1. The number of hydrogen-bond acceptors (Lipinski definition) is 2. The number of allylic oxidation sites excluding steroid dienone is 1. The summed E-state index contributed by atoms with van der Waals surface area (Å²) in [5.74, 6) is -0.263. The quantitative estimate of drug-likeness (QED) is 0.790. The number of carbonyl (C=O) groups is 1. The largest absolute Gasteiger partial charge is 0.352 e. The molecule has 0 saturated heterocycles. The van der Waals surface area contributed by atoms with Gasteiger partial charge in [0.15, 0.2) is 0 Å². The van der Waals surface area contributed by atoms with Crippen LogP contribution >= 0.6 is 15.9 Å². The second-order valence-electron chi connectivity index (χ2n) is 6.89. The van der Waals surface area contributed by atoms with Crippen molar-refractivity contribution in [1.82, 2.24) is 9.88 Å². The molecule has 0 saturated carbocycles. The number of benzene rings is 1. The predicted molar refractivity (Wildman–Crippen MR) is 103 cm³/mol. The summed E-state index contributed by atoms with van der Waals surface area (Å²) in [4.78, 5) is 25.4. The van der Waals surface area contributed by atoms with E-state index in [-0.39, 0.29) is 16.9 Å². The summed E-state index contributed by atoms with van der Waals surface area (Å²) >= 11 is 3.47. The maximum Gasteiger partial charge on any atom is 0.256 e. The molecule has 1 aliphatic carbocycles. The van der Waals surface area contributed by atoms with E-state index in [0.29, 0.717) is 11.9 Å². The maximum atomic E-state index is 12.8. The van der Waals surface area contributed by atoms with E-state index in [9.17, 15) is 9.59 Å². The van der Waals surface area contributed by atoms with Gasteiger partial charge in [0.25, 0.3) is 5.91 Å². The monoisotopic (exact) mass is 400 g/mol. The lowest BCUT2D eigenvalue weighted by Crippen LogP contribution is -2.30. The number of halogens is 1. The number of pyridine rings is 1. The minimum atomic E-state index is -0.263. The Morgan fingerprint density at radius 3 is 2.92 bits per heavy atom. The Bertz CT molecular complexity index is 943. The summed E-state index contributed by atoms with van der Waals surface area (Å²) in [6.45, 7) is 1.40. The summed E-state index contributed by atoms with van der Waals surface area (Å²) in [6.07, 6.45) is 10.6. The van der Waals surface area contributed by atoms with Crippen molar-refractivity contribution in [3.05, 3.63) is 55.8 Å². The number of aryl methyl sites for hydroxylation is 2. The Morgan fingerprint density at radius 1 is 1.24 bits per heavy atom. The first-order valence-electron chi connectivity index (χ1n) is 8.95. The number of rotatable bonds is 4. The zero-order chi connectivity index (χ0) is 17.4. The first-order valence-corrected chi connectivity index (χ1v) is 9.74. The average Bonchev–Trinajstić information content (AvgIpc) is 3.01. The van der Waals surface area contributed by atoms with Gasteiger partial charge in [-0.3, -0.25) is 9.59 Å². The third-order valence-electron chi connectivity index (χ3n) is 5.20. The molecule has 4 rings (SSSR count). The molecule has 1 amide bonds. The lowest BCUT2D eigenvalue weighted by molar-refractivity contribution is 0.0952. The van der Waals surface area contributed by atoms with Gasteiger partial charge in [-0.2, -0.15) is 0 Å². The first-order chi connectivity index (χ1) is 12.1. The van der Waals surface area contributed by atoms with E-state index in [1.54, 1.807) is 6.20 Å². The standard InChI is InChI=1S/C20H21BrN2O2/c21-15-10-14-7-9-23-12-17(19(24)16(11-15)18(14)23)20(25)22-8-6-13-4-2-1-3-5-13/h4,10-12H,1-3,5-9H2,(H,22,25). The molecule has 1 N–H and O–H groups in total. The molecule has 0 unspecified atom stereocenters. The Labute approximate surface area is 155 Å². The Balaban J connectivity index is 1.57. The van der Waals surface area contributed by atoms with Gasteiger partial charge < -0.3 is 9.88 Å². The summed E-state index contributed by atoms with van der Waals surface area (Å²) in [5, 5.41) is 3.56. The fourth-order valence-electron chi connectivity index (χ4n) is 3.93. The second kappa shape index (κ2) is 6.79. The highest BCUT2D eigenvalue weighted by Crippen LogP contribution is 2.28. The van der Waals surface area contributed by atoms with Crippen molar-refractivity contribution in [2.24, 2.45) is 0 Å². The number of amides is 1. The third-order valence-corrected chi connectivity index (χ3v) is 5.66. The van der Waals surface area contributed by atoms with Crippen LogP contribution in [0.25, 0.3) is 10.9 Å². The van der Waals surface area contributed by atoms with E-state index in [4.69, 9.17) is 0 Å². The molecule has 0 bridgehead atoms. The SMILES string of the molecule is O=C(NCCC1=CCCCC1)c1cn2c3c(cc(Br)cc3c1=O)CC2. The molecule has 1 aromatic carbocycles. The van der Waals surface area contributed by atoms with E-state index in [1.165, 1.54) is 18.4 Å². The second-order valence-corrected chi connectivity index (χ2v) is 7.81. The van der Waals surface area contributed by atoms with Gasteiger partial charge in [0.2, 0.25) is 5.43 Å². The van der Waals surface area contributed by atoms with Crippen LogP contribution in [0.3, 0.4) is 0 Å². The van der Waals surface area contributed by atoms with Crippen molar-refractivity contribution >= 4 is 32.7 Å². The Morgan fingerprint density at radius 2 is 2.12 bits per heavy atom. The number of hydrogen-bond donors (Lipinski definition) is 1. The molecule has 0 atom stereocenters. The van der Waals surface area contributed by atoms with Crippen LogP contribution in [-0.2, 0) is 13.0 Å². The Hall–Kier alpha value is -1.88. The maximum absolute atomic E-state index is 12.8. The minimum absolute atomic E-state index is 0.176. The predicted octanol–water partition coefficient (Wildman–Crippen LogP) is 3.94. The van der Waals surface area contributed by atoms with Crippen LogP contribution in [0.4, 0.5) is 0 Å². The van der Waals surface area contributed by atoms with Crippen LogP contribution in [0.5, 0.6) is 0 Å². The summed E-state index contributed by atoms with van der Waals surface area (Å²) in [7, 11) is 0. The highest BCUT2D eigenvalue weighted by atomic mass is 79.9. The highest BCUT2D eigenvalue weighted by Gasteiger charge is 2.21. The van der Waals surface area contributed by atoms with Gasteiger partial charge in [-0.1, -0.05) is 27.6 Å². The van der Waals surface area contributed by atoms with Crippen LogP contribution in [0.2, 0.25) is 0 Å². The lowest BCUT2D eigenvalue weighted by atomic mass is 9.97. The van der Waals surface area contributed by atoms with Gasteiger partial charge in [0, 0.05) is 29.1 Å². The average molecular weight is 401 g/mol. The molecule has 2 aromatic rings. The summed E-state index contributed by atoms with van der Waals surface area (Å²) < 4.78 is 2.93. The van der Waals surface area contributed by atoms with Crippen molar-refractivity contribution in [2.45, 2.75) is 45.1 Å². The lowest BCUT2D eigenvalue weighted by Gasteiger charge is -2.13. The molecule has 1 aliphatic heterocycles. The molecule has 130 valence electrons. The van der Waals surface area contributed by atoms with Crippen molar-refractivity contribution in [3.63, 3.8) is 0 Å². The molecule has 2 aliphatic rings. The smallest absolute Gasteiger partial charge is 0.256 e. The van der Waals surface area contributed by atoms with E-state index in [1.807, 2.05) is 10.6 Å². The van der Waals surface area contributed by atoms with E-state index in [0.717, 1.165) is 47.8 Å². The molecule has 2 heterocycles. The molecule has 0 radical (unpaired) electrons. The van der Waals surface area contributed by atoms with Crippen molar-refractivity contribution in [3.8, 4) is 0 Å². The molecule has 1 aromatic heterocycles. The normalized spacial score (nSPS) is 16.1. The van der Waals surface area contributed by atoms with Gasteiger partial charge in [-0.25, -0.2) is 0 Å².